The Morgan fingerprint density at radius 1 is 1.46 bits per heavy atom. The van der Waals surface area contributed by atoms with Crippen molar-refractivity contribution in [1.82, 2.24) is 10.2 Å². The Morgan fingerprint density at radius 3 is 3.17 bits per heavy atom. The molecule has 1 aromatic rings. The summed E-state index contributed by atoms with van der Waals surface area (Å²) < 4.78 is 6.65. The molecule has 0 spiro atoms. The molecule has 2 aliphatic rings. The van der Waals surface area contributed by atoms with Crippen molar-refractivity contribution in [2.45, 2.75) is 26.2 Å². The van der Waals surface area contributed by atoms with E-state index in [2.05, 4.69) is 33.1 Å². The third-order valence-corrected chi connectivity index (χ3v) is 5.15. The number of nitrogens with one attached hydrogen (secondary N) is 1. The molecule has 1 amide bonds. The van der Waals surface area contributed by atoms with Gasteiger partial charge in [-0.25, -0.2) is 0 Å². The summed E-state index contributed by atoms with van der Waals surface area (Å²) in [5, 5.41) is 3.02. The number of hydrogen-bond donors (Lipinski definition) is 1. The number of fused-ring (bicyclic) bond motifs is 1. The van der Waals surface area contributed by atoms with Gasteiger partial charge in [0.15, 0.2) is 0 Å². The van der Waals surface area contributed by atoms with Crippen LogP contribution in [0.2, 0.25) is 0 Å². The van der Waals surface area contributed by atoms with E-state index < -0.39 is 0 Å². The van der Waals surface area contributed by atoms with Gasteiger partial charge in [0.25, 0.3) is 5.91 Å². The molecule has 0 bridgehead atoms. The van der Waals surface area contributed by atoms with Crippen LogP contribution in [0.25, 0.3) is 6.08 Å². The molecule has 0 aromatic heterocycles. The Bertz CT molecular complexity index is 630. The number of ether oxygens (including phenoxy) is 1. The van der Waals surface area contributed by atoms with Gasteiger partial charge in [-0.2, -0.15) is 0 Å². The monoisotopic (exact) mass is 392 g/mol. The van der Waals surface area contributed by atoms with Crippen molar-refractivity contribution in [3.05, 3.63) is 33.8 Å². The second-order valence-corrected chi connectivity index (χ2v) is 7.71. The number of carbonyl (C=O) groups is 1. The molecule has 2 heterocycles. The van der Waals surface area contributed by atoms with Gasteiger partial charge in [-0.1, -0.05) is 22.9 Å². The van der Waals surface area contributed by atoms with Gasteiger partial charge in [-0.3, -0.25) is 4.79 Å². The van der Waals surface area contributed by atoms with Crippen LogP contribution in [0.1, 0.15) is 31.7 Å². The Labute approximate surface area is 152 Å². The molecule has 1 fully saturated rings. The number of nitrogens with zero attached hydrogens (tertiary/aromatic N) is 1. The molecule has 0 radical (unpaired) electrons. The molecule has 4 nitrogen and oxygen atoms in total. The molecule has 24 heavy (non-hydrogen) atoms. The minimum Gasteiger partial charge on any atom is -0.488 e. The zero-order valence-corrected chi connectivity index (χ0v) is 15.8. The van der Waals surface area contributed by atoms with Gasteiger partial charge in [-0.05, 0) is 62.5 Å². The molecule has 0 aliphatic carbocycles. The lowest BCUT2D eigenvalue weighted by Crippen LogP contribution is -2.37. The number of rotatable bonds is 5. The Balaban J connectivity index is 1.45. The molecule has 130 valence electrons. The van der Waals surface area contributed by atoms with E-state index in [9.17, 15) is 4.79 Å². The lowest BCUT2D eigenvalue weighted by atomic mass is 10.0. The van der Waals surface area contributed by atoms with Crippen molar-refractivity contribution in [1.29, 1.82) is 0 Å². The lowest BCUT2D eigenvalue weighted by molar-refractivity contribution is -0.117. The largest absolute Gasteiger partial charge is 0.488 e. The van der Waals surface area contributed by atoms with E-state index in [-0.39, 0.29) is 5.91 Å². The summed E-state index contributed by atoms with van der Waals surface area (Å²) in [4.78, 5) is 14.8. The van der Waals surface area contributed by atoms with E-state index in [1.165, 1.54) is 25.9 Å². The van der Waals surface area contributed by atoms with Crippen molar-refractivity contribution in [2.75, 3.05) is 32.8 Å². The summed E-state index contributed by atoms with van der Waals surface area (Å²) in [6.07, 6.45) is 5.56. The summed E-state index contributed by atoms with van der Waals surface area (Å²) >= 11 is 3.45. The summed E-state index contributed by atoms with van der Waals surface area (Å²) in [6, 6.07) is 5.84. The molecule has 1 unspecified atom stereocenters. The standard InChI is InChI=1S/C19H25BrN2O2/c1-14-4-2-8-22(12-14)9-3-7-21-19(23)16-10-15-11-17(20)5-6-18(15)24-13-16/h5-6,10-11,14H,2-4,7-9,12-13H2,1H3,(H,21,23). The minimum atomic E-state index is -0.0207. The van der Waals surface area contributed by atoms with Gasteiger partial charge < -0.3 is 15.0 Å². The summed E-state index contributed by atoms with van der Waals surface area (Å²) in [6.45, 7) is 6.83. The molecular formula is C19H25BrN2O2. The number of halogens is 1. The van der Waals surface area contributed by atoms with Crippen molar-refractivity contribution >= 4 is 27.9 Å². The Morgan fingerprint density at radius 2 is 2.33 bits per heavy atom. The first kappa shape index (κ1) is 17.5. The highest BCUT2D eigenvalue weighted by molar-refractivity contribution is 9.10. The molecule has 0 saturated carbocycles. The fourth-order valence-corrected chi connectivity index (χ4v) is 3.77. The van der Waals surface area contributed by atoms with Crippen LogP contribution >= 0.6 is 15.9 Å². The van der Waals surface area contributed by atoms with Crippen molar-refractivity contribution in [2.24, 2.45) is 5.92 Å². The third-order valence-electron chi connectivity index (χ3n) is 4.65. The molecular weight excluding hydrogens is 368 g/mol. The maximum absolute atomic E-state index is 12.3. The van der Waals surface area contributed by atoms with Gasteiger partial charge >= 0.3 is 0 Å². The van der Waals surface area contributed by atoms with Crippen LogP contribution < -0.4 is 10.1 Å². The normalized spacial score (nSPS) is 20.8. The predicted octanol–water partition coefficient (Wildman–Crippen LogP) is 3.46. The fourth-order valence-electron chi connectivity index (χ4n) is 3.39. The lowest BCUT2D eigenvalue weighted by Gasteiger charge is -2.30. The first-order chi connectivity index (χ1) is 11.6. The van der Waals surface area contributed by atoms with Crippen LogP contribution in [-0.4, -0.2) is 43.6 Å². The first-order valence-corrected chi connectivity index (χ1v) is 9.54. The maximum atomic E-state index is 12.3. The van der Waals surface area contributed by atoms with Gasteiger partial charge in [0, 0.05) is 23.1 Å². The number of likely N-dealkylation sites (tertiary alicyclic amines) is 1. The smallest absolute Gasteiger partial charge is 0.250 e. The summed E-state index contributed by atoms with van der Waals surface area (Å²) in [7, 11) is 0. The van der Waals surface area contributed by atoms with Crippen LogP contribution in [0, 0.1) is 5.92 Å². The highest BCUT2D eigenvalue weighted by Crippen LogP contribution is 2.29. The molecule has 1 atom stereocenters. The van der Waals surface area contributed by atoms with E-state index in [0.29, 0.717) is 18.7 Å². The van der Waals surface area contributed by atoms with Gasteiger partial charge in [0.2, 0.25) is 0 Å². The average Bonchev–Trinajstić information content (AvgIpc) is 2.58. The first-order valence-electron chi connectivity index (χ1n) is 8.75. The quantitative estimate of drug-likeness (QED) is 0.780. The van der Waals surface area contributed by atoms with Gasteiger partial charge in [-0.15, -0.1) is 0 Å². The van der Waals surface area contributed by atoms with E-state index in [1.54, 1.807) is 0 Å². The zero-order valence-electron chi connectivity index (χ0n) is 14.2. The SMILES string of the molecule is CC1CCCN(CCCNC(=O)C2=Cc3cc(Br)ccc3OC2)C1. The Kier molecular flexibility index (Phi) is 5.95. The molecule has 1 aromatic carbocycles. The summed E-state index contributed by atoms with van der Waals surface area (Å²) in [5.41, 5.74) is 1.63. The van der Waals surface area contributed by atoms with Crippen LogP contribution in [0.5, 0.6) is 5.75 Å². The molecule has 3 rings (SSSR count). The second-order valence-electron chi connectivity index (χ2n) is 6.80. The van der Waals surface area contributed by atoms with Crippen molar-refractivity contribution < 1.29 is 9.53 Å². The fraction of sp³-hybridized carbons (Fsp3) is 0.526. The minimum absolute atomic E-state index is 0.0207. The maximum Gasteiger partial charge on any atom is 0.250 e. The predicted molar refractivity (Wildman–Crippen MR) is 100 cm³/mol. The zero-order chi connectivity index (χ0) is 16.9. The van der Waals surface area contributed by atoms with E-state index >= 15 is 0 Å². The van der Waals surface area contributed by atoms with Crippen molar-refractivity contribution in [3.8, 4) is 5.75 Å². The summed E-state index contributed by atoms with van der Waals surface area (Å²) in [5.74, 6) is 1.61. The van der Waals surface area contributed by atoms with Gasteiger partial charge in [0.05, 0.1) is 5.57 Å². The van der Waals surface area contributed by atoms with E-state index in [4.69, 9.17) is 4.74 Å². The third kappa shape index (κ3) is 4.61. The molecule has 2 aliphatic heterocycles. The van der Waals surface area contributed by atoms with Crippen LogP contribution in [-0.2, 0) is 4.79 Å². The van der Waals surface area contributed by atoms with Crippen LogP contribution in [0.4, 0.5) is 0 Å². The van der Waals surface area contributed by atoms with E-state index in [0.717, 1.165) is 34.7 Å². The van der Waals surface area contributed by atoms with Crippen LogP contribution in [0.3, 0.4) is 0 Å². The number of amides is 1. The Hall–Kier alpha value is -1.33. The highest BCUT2D eigenvalue weighted by Gasteiger charge is 2.18. The number of hydrogen-bond acceptors (Lipinski definition) is 3. The van der Waals surface area contributed by atoms with E-state index in [1.807, 2.05) is 24.3 Å². The number of carbonyl (C=O) groups excluding carboxylic acids is 1. The van der Waals surface area contributed by atoms with Gasteiger partial charge in [0.1, 0.15) is 12.4 Å². The average molecular weight is 393 g/mol. The van der Waals surface area contributed by atoms with Crippen molar-refractivity contribution in [3.63, 3.8) is 0 Å². The van der Waals surface area contributed by atoms with Crippen LogP contribution in [0.15, 0.2) is 28.2 Å². The number of piperidine rings is 1. The highest BCUT2D eigenvalue weighted by atomic mass is 79.9. The number of benzene rings is 1. The topological polar surface area (TPSA) is 41.6 Å². The molecule has 1 saturated heterocycles. The molecule has 5 heteroatoms. The molecule has 1 N–H and O–H groups in total. The second kappa shape index (κ2) is 8.17.